The number of carbonyl (C=O) groups excluding carboxylic acids is 1. The molecular formula is C23H25BrN4O4. The van der Waals surface area contributed by atoms with Crippen molar-refractivity contribution in [3.63, 3.8) is 0 Å². The maximum atomic E-state index is 12.9. The molecule has 168 valence electrons. The van der Waals surface area contributed by atoms with Crippen molar-refractivity contribution in [1.82, 2.24) is 15.0 Å². The molecule has 32 heavy (non-hydrogen) atoms. The molecule has 1 saturated heterocycles. The van der Waals surface area contributed by atoms with Gasteiger partial charge >= 0.3 is 0 Å². The van der Waals surface area contributed by atoms with Crippen LogP contribution in [0.4, 0.5) is 5.69 Å². The molecule has 0 bridgehead atoms. The molecule has 3 aromatic rings. The number of nitrogens with zero attached hydrogens (tertiary/aromatic N) is 3. The molecule has 1 aliphatic heterocycles. The van der Waals surface area contributed by atoms with Gasteiger partial charge in [-0.15, -0.1) is 0 Å². The fraction of sp³-hybridized carbons (Fsp3) is 0.348. The van der Waals surface area contributed by atoms with E-state index in [1.807, 2.05) is 24.3 Å². The fourth-order valence-electron chi connectivity index (χ4n) is 3.78. The Bertz CT molecular complexity index is 1070. The van der Waals surface area contributed by atoms with E-state index < -0.39 is 0 Å². The topological polar surface area (TPSA) is 89.7 Å². The van der Waals surface area contributed by atoms with E-state index >= 15 is 0 Å². The zero-order valence-electron chi connectivity index (χ0n) is 18.0. The first-order valence-corrected chi connectivity index (χ1v) is 11.2. The Labute approximate surface area is 195 Å². The van der Waals surface area contributed by atoms with Crippen molar-refractivity contribution < 1.29 is 18.8 Å². The van der Waals surface area contributed by atoms with Crippen LogP contribution in [0.2, 0.25) is 0 Å². The molecule has 1 amide bonds. The molecule has 1 N–H and O–H groups in total. The summed E-state index contributed by atoms with van der Waals surface area (Å²) in [6, 6.07) is 13.1. The Morgan fingerprint density at radius 3 is 2.78 bits per heavy atom. The Kier molecular flexibility index (Phi) is 7.06. The lowest BCUT2D eigenvalue weighted by atomic mass is 9.97. The third-order valence-corrected chi connectivity index (χ3v) is 6.00. The molecule has 0 spiro atoms. The number of likely N-dealkylation sites (tertiary alicyclic amines) is 1. The number of anilines is 1. The van der Waals surface area contributed by atoms with Crippen LogP contribution < -0.4 is 14.8 Å². The Hall–Kier alpha value is -2.91. The minimum atomic E-state index is -0.135. The van der Waals surface area contributed by atoms with Crippen LogP contribution in [0.25, 0.3) is 11.4 Å². The van der Waals surface area contributed by atoms with Gasteiger partial charge in [0.15, 0.2) is 0 Å². The monoisotopic (exact) mass is 500 g/mol. The van der Waals surface area contributed by atoms with E-state index in [0.29, 0.717) is 42.0 Å². The first-order valence-electron chi connectivity index (χ1n) is 10.4. The number of rotatable bonds is 7. The van der Waals surface area contributed by atoms with Crippen molar-refractivity contribution in [3.8, 4) is 22.9 Å². The van der Waals surface area contributed by atoms with Crippen LogP contribution in [0.15, 0.2) is 51.5 Å². The van der Waals surface area contributed by atoms with E-state index in [1.165, 1.54) is 0 Å². The van der Waals surface area contributed by atoms with Gasteiger partial charge in [-0.05, 0) is 55.8 Å². The van der Waals surface area contributed by atoms with Crippen LogP contribution in [0.3, 0.4) is 0 Å². The third kappa shape index (κ3) is 5.28. The van der Waals surface area contributed by atoms with Gasteiger partial charge < -0.3 is 19.3 Å². The van der Waals surface area contributed by atoms with E-state index in [0.717, 1.165) is 29.4 Å². The Morgan fingerprint density at radius 1 is 1.22 bits per heavy atom. The molecule has 1 aromatic heterocycles. The molecular weight excluding hydrogens is 476 g/mol. The summed E-state index contributed by atoms with van der Waals surface area (Å²) in [5.41, 5.74) is 1.53. The normalized spacial score (nSPS) is 16.5. The highest BCUT2D eigenvalue weighted by molar-refractivity contribution is 9.10. The Morgan fingerprint density at radius 2 is 2.03 bits per heavy atom. The van der Waals surface area contributed by atoms with Crippen LogP contribution in [0, 0.1) is 5.92 Å². The van der Waals surface area contributed by atoms with Crippen LogP contribution in [0.5, 0.6) is 11.5 Å². The summed E-state index contributed by atoms with van der Waals surface area (Å²) in [6.45, 7) is 2.02. The maximum Gasteiger partial charge on any atom is 0.241 e. The van der Waals surface area contributed by atoms with Crippen molar-refractivity contribution in [2.75, 3.05) is 32.6 Å². The second-order valence-corrected chi connectivity index (χ2v) is 8.56. The zero-order valence-corrected chi connectivity index (χ0v) is 19.6. The average Bonchev–Trinajstić information content (AvgIpc) is 3.28. The number of aromatic nitrogens is 2. The molecule has 9 heteroatoms. The number of nitrogens with one attached hydrogen (secondary N) is 1. The standard InChI is InChI=1S/C23H25BrN4O4/c1-30-18-9-10-19(20(12-18)31-2)25-23(29)16-4-3-11-28(13-16)14-21-26-22(27-32-21)15-5-7-17(24)8-6-15/h5-10,12,16H,3-4,11,13-14H2,1-2H3,(H,25,29). The molecule has 0 radical (unpaired) electrons. The molecule has 1 atom stereocenters. The number of hydrogen-bond donors (Lipinski definition) is 1. The van der Waals surface area contributed by atoms with Crippen LogP contribution >= 0.6 is 15.9 Å². The molecule has 0 saturated carbocycles. The van der Waals surface area contributed by atoms with E-state index in [2.05, 4.69) is 36.3 Å². The van der Waals surface area contributed by atoms with Gasteiger partial charge in [0.1, 0.15) is 11.5 Å². The van der Waals surface area contributed by atoms with Crippen LogP contribution in [-0.2, 0) is 11.3 Å². The Balaban J connectivity index is 1.37. The predicted octanol–water partition coefficient (Wildman–Crippen LogP) is 4.37. The third-order valence-electron chi connectivity index (χ3n) is 5.47. The van der Waals surface area contributed by atoms with Gasteiger partial charge in [0.25, 0.3) is 0 Å². The highest BCUT2D eigenvalue weighted by Gasteiger charge is 2.27. The highest BCUT2D eigenvalue weighted by atomic mass is 79.9. The van der Waals surface area contributed by atoms with Crippen LogP contribution in [0.1, 0.15) is 18.7 Å². The maximum absolute atomic E-state index is 12.9. The number of piperidine rings is 1. The average molecular weight is 501 g/mol. The first kappa shape index (κ1) is 22.3. The summed E-state index contributed by atoms with van der Waals surface area (Å²) < 4.78 is 17.1. The van der Waals surface area contributed by atoms with Crippen molar-refractivity contribution in [1.29, 1.82) is 0 Å². The number of halogens is 1. The molecule has 1 unspecified atom stereocenters. The number of hydrogen-bond acceptors (Lipinski definition) is 7. The molecule has 0 aliphatic carbocycles. The summed E-state index contributed by atoms with van der Waals surface area (Å²) in [5, 5.41) is 7.09. The van der Waals surface area contributed by atoms with Gasteiger partial charge in [-0.3, -0.25) is 9.69 Å². The van der Waals surface area contributed by atoms with E-state index in [-0.39, 0.29) is 11.8 Å². The second-order valence-electron chi connectivity index (χ2n) is 7.65. The summed E-state index contributed by atoms with van der Waals surface area (Å²) in [5.74, 6) is 2.18. The van der Waals surface area contributed by atoms with Crippen molar-refractivity contribution in [3.05, 3.63) is 52.8 Å². The quantitative estimate of drug-likeness (QED) is 0.515. The molecule has 2 heterocycles. The summed E-state index contributed by atoms with van der Waals surface area (Å²) >= 11 is 3.43. The molecule has 2 aromatic carbocycles. The molecule has 1 aliphatic rings. The smallest absolute Gasteiger partial charge is 0.241 e. The SMILES string of the molecule is COc1ccc(NC(=O)C2CCCN(Cc3nc(-c4ccc(Br)cc4)no3)C2)c(OC)c1. The van der Waals surface area contributed by atoms with Gasteiger partial charge in [0, 0.05) is 22.6 Å². The van der Waals surface area contributed by atoms with Crippen molar-refractivity contribution in [2.24, 2.45) is 5.92 Å². The van der Waals surface area contributed by atoms with Gasteiger partial charge in [-0.25, -0.2) is 0 Å². The summed E-state index contributed by atoms with van der Waals surface area (Å²) in [6.07, 6.45) is 1.75. The fourth-order valence-corrected chi connectivity index (χ4v) is 4.04. The first-order chi connectivity index (χ1) is 15.6. The minimum Gasteiger partial charge on any atom is -0.497 e. The highest BCUT2D eigenvalue weighted by Crippen LogP contribution is 2.30. The van der Waals surface area contributed by atoms with Crippen molar-refractivity contribution in [2.45, 2.75) is 19.4 Å². The lowest BCUT2D eigenvalue weighted by molar-refractivity contribution is -0.121. The number of methoxy groups -OCH3 is 2. The molecule has 1 fully saturated rings. The molecule has 4 rings (SSSR count). The minimum absolute atomic E-state index is 0.0285. The zero-order chi connectivity index (χ0) is 22.5. The number of ether oxygens (including phenoxy) is 2. The van der Waals surface area contributed by atoms with E-state index in [1.54, 1.807) is 32.4 Å². The lowest BCUT2D eigenvalue weighted by Crippen LogP contribution is -2.40. The predicted molar refractivity (Wildman–Crippen MR) is 124 cm³/mol. The van der Waals surface area contributed by atoms with Gasteiger partial charge in [-0.2, -0.15) is 4.98 Å². The van der Waals surface area contributed by atoms with E-state index in [4.69, 9.17) is 14.0 Å². The van der Waals surface area contributed by atoms with Gasteiger partial charge in [0.2, 0.25) is 17.6 Å². The second kappa shape index (κ2) is 10.1. The largest absolute Gasteiger partial charge is 0.497 e. The number of benzene rings is 2. The van der Waals surface area contributed by atoms with Crippen molar-refractivity contribution >= 4 is 27.5 Å². The lowest BCUT2D eigenvalue weighted by Gasteiger charge is -2.31. The summed E-state index contributed by atoms with van der Waals surface area (Å²) in [4.78, 5) is 19.6. The van der Waals surface area contributed by atoms with Gasteiger partial charge in [-0.1, -0.05) is 21.1 Å². The van der Waals surface area contributed by atoms with Gasteiger partial charge in [0.05, 0.1) is 32.4 Å². The van der Waals surface area contributed by atoms with Crippen LogP contribution in [-0.4, -0.2) is 48.3 Å². The number of amides is 1. The molecule has 8 nitrogen and oxygen atoms in total. The van der Waals surface area contributed by atoms with E-state index in [9.17, 15) is 4.79 Å². The number of carbonyl (C=O) groups is 1. The summed E-state index contributed by atoms with van der Waals surface area (Å²) in [7, 11) is 3.16.